The van der Waals surface area contributed by atoms with E-state index in [0.717, 1.165) is 12.1 Å². The van der Waals surface area contributed by atoms with Gasteiger partial charge in [-0.3, -0.25) is 9.79 Å². The Bertz CT molecular complexity index is 599. The summed E-state index contributed by atoms with van der Waals surface area (Å²) in [5.74, 6) is -0.554. The van der Waals surface area contributed by atoms with E-state index in [-0.39, 0.29) is 24.0 Å². The van der Waals surface area contributed by atoms with Gasteiger partial charge >= 0.3 is 5.97 Å². The van der Waals surface area contributed by atoms with Gasteiger partial charge in [-0.2, -0.15) is 0 Å². The quantitative estimate of drug-likeness (QED) is 0.520. The van der Waals surface area contributed by atoms with E-state index < -0.39 is 11.6 Å². The Labute approximate surface area is 140 Å². The molecule has 1 aromatic carbocycles. The molecule has 5 nitrogen and oxygen atoms in total. The molecule has 1 fully saturated rings. The third-order valence-electron chi connectivity index (χ3n) is 4.07. The van der Waals surface area contributed by atoms with Crippen molar-refractivity contribution in [3.05, 3.63) is 35.4 Å². The fourth-order valence-electron chi connectivity index (χ4n) is 2.77. The maximum Gasteiger partial charge on any atom is 0.309 e. The van der Waals surface area contributed by atoms with Gasteiger partial charge in [0.25, 0.3) is 0 Å². The van der Waals surface area contributed by atoms with Crippen LogP contribution in [0, 0.1) is 17.6 Å². The Balaban J connectivity index is 1.89. The number of carbonyl (C=O) groups is 1. The first-order chi connectivity index (χ1) is 11.5. The molecule has 0 unspecified atom stereocenters. The van der Waals surface area contributed by atoms with Crippen molar-refractivity contribution in [1.82, 2.24) is 10.2 Å². The molecule has 2 rings (SSSR count). The molecule has 1 aromatic rings. The molecule has 0 amide bonds. The fraction of sp³-hybridized carbons (Fsp3) is 0.529. The summed E-state index contributed by atoms with van der Waals surface area (Å²) in [6.45, 7) is 3.66. The van der Waals surface area contributed by atoms with E-state index in [9.17, 15) is 13.6 Å². The number of ether oxygens (including phenoxy) is 1. The van der Waals surface area contributed by atoms with Crippen molar-refractivity contribution < 1.29 is 18.3 Å². The second-order valence-electron chi connectivity index (χ2n) is 5.65. The molecular weight excluding hydrogens is 316 g/mol. The largest absolute Gasteiger partial charge is 0.466 e. The van der Waals surface area contributed by atoms with Crippen LogP contribution in [0.15, 0.2) is 23.2 Å². The third kappa shape index (κ3) is 4.66. The summed E-state index contributed by atoms with van der Waals surface area (Å²) in [4.78, 5) is 18.0. The first-order valence-corrected chi connectivity index (χ1v) is 8.11. The van der Waals surface area contributed by atoms with Gasteiger partial charge in [0.15, 0.2) is 5.96 Å². The molecule has 0 bridgehead atoms. The van der Waals surface area contributed by atoms with Crippen molar-refractivity contribution in [1.29, 1.82) is 0 Å². The molecule has 0 spiro atoms. The minimum atomic E-state index is -0.474. The monoisotopic (exact) mass is 339 g/mol. The Hall–Kier alpha value is -2.18. The molecule has 24 heavy (non-hydrogen) atoms. The summed E-state index contributed by atoms with van der Waals surface area (Å²) < 4.78 is 31.9. The van der Waals surface area contributed by atoms with E-state index in [2.05, 4.69) is 10.3 Å². The molecule has 0 aliphatic carbocycles. The van der Waals surface area contributed by atoms with Crippen LogP contribution in [0.3, 0.4) is 0 Å². The fourth-order valence-corrected chi connectivity index (χ4v) is 2.77. The number of rotatable bonds is 4. The number of esters is 1. The molecule has 0 atom stereocenters. The van der Waals surface area contributed by atoms with Gasteiger partial charge in [0.2, 0.25) is 0 Å². The van der Waals surface area contributed by atoms with Crippen LogP contribution in [0.2, 0.25) is 0 Å². The lowest BCUT2D eigenvalue weighted by atomic mass is 9.97. The van der Waals surface area contributed by atoms with Crippen LogP contribution in [0.5, 0.6) is 0 Å². The van der Waals surface area contributed by atoms with Crippen LogP contribution >= 0.6 is 0 Å². The van der Waals surface area contributed by atoms with Crippen LogP contribution in [0.1, 0.15) is 25.3 Å². The Morgan fingerprint density at radius 3 is 2.71 bits per heavy atom. The number of hydrogen-bond donors (Lipinski definition) is 1. The standard InChI is InChI=1S/C17H23F2N3O2/c1-3-24-16(23)12-6-8-22(9-7-12)17(20-2)21-11-13-10-14(18)4-5-15(13)19/h4-5,10,12H,3,6-9,11H2,1-2H3,(H,20,21). The SMILES string of the molecule is CCOC(=O)C1CCN(C(=NC)NCc2cc(F)ccc2F)CC1. The lowest BCUT2D eigenvalue weighted by Crippen LogP contribution is -2.46. The first kappa shape index (κ1) is 18.2. The molecule has 1 saturated heterocycles. The summed E-state index contributed by atoms with van der Waals surface area (Å²) in [6.07, 6.45) is 1.38. The predicted molar refractivity (Wildman–Crippen MR) is 87.5 cm³/mol. The normalized spacial score (nSPS) is 16.2. The minimum Gasteiger partial charge on any atom is -0.466 e. The van der Waals surface area contributed by atoms with E-state index in [1.807, 2.05) is 4.90 Å². The second kappa shape index (κ2) is 8.61. The van der Waals surface area contributed by atoms with Gasteiger partial charge in [0, 0.05) is 32.2 Å². The van der Waals surface area contributed by atoms with E-state index in [1.165, 1.54) is 6.07 Å². The highest BCUT2D eigenvalue weighted by atomic mass is 19.1. The lowest BCUT2D eigenvalue weighted by Gasteiger charge is -2.33. The van der Waals surface area contributed by atoms with Crippen molar-refractivity contribution in [2.24, 2.45) is 10.9 Å². The van der Waals surface area contributed by atoms with Gasteiger partial charge in [-0.05, 0) is 38.0 Å². The number of aliphatic imine (C=N–C) groups is 1. The Morgan fingerprint density at radius 2 is 2.08 bits per heavy atom. The van der Waals surface area contributed by atoms with Crippen LogP contribution in [0.25, 0.3) is 0 Å². The number of nitrogens with one attached hydrogen (secondary N) is 1. The van der Waals surface area contributed by atoms with Gasteiger partial charge in [0.1, 0.15) is 11.6 Å². The van der Waals surface area contributed by atoms with Crippen LogP contribution in [-0.2, 0) is 16.1 Å². The number of hydrogen-bond acceptors (Lipinski definition) is 3. The maximum absolute atomic E-state index is 13.7. The smallest absolute Gasteiger partial charge is 0.309 e. The number of likely N-dealkylation sites (tertiary alicyclic amines) is 1. The molecule has 132 valence electrons. The second-order valence-corrected chi connectivity index (χ2v) is 5.65. The summed E-state index contributed by atoms with van der Waals surface area (Å²) in [5, 5.41) is 3.05. The van der Waals surface area contributed by atoms with Gasteiger partial charge in [0.05, 0.1) is 12.5 Å². The van der Waals surface area contributed by atoms with Gasteiger partial charge in [-0.1, -0.05) is 0 Å². The van der Waals surface area contributed by atoms with Crippen LogP contribution in [-0.4, -0.2) is 43.6 Å². The zero-order valence-corrected chi connectivity index (χ0v) is 14.0. The molecule has 0 radical (unpaired) electrons. The predicted octanol–water partition coefficient (Wildman–Crippen LogP) is 2.32. The van der Waals surface area contributed by atoms with Gasteiger partial charge < -0.3 is 15.0 Å². The molecule has 1 heterocycles. The summed E-state index contributed by atoms with van der Waals surface area (Å²) in [5.41, 5.74) is 0.248. The highest BCUT2D eigenvalue weighted by Crippen LogP contribution is 2.19. The number of piperidine rings is 1. The zero-order valence-electron chi connectivity index (χ0n) is 14.0. The average Bonchev–Trinajstić information content (AvgIpc) is 2.59. The van der Waals surface area contributed by atoms with Crippen molar-refractivity contribution in [3.63, 3.8) is 0 Å². The summed E-state index contributed by atoms with van der Waals surface area (Å²) >= 11 is 0. The average molecular weight is 339 g/mol. The molecule has 1 aliphatic rings. The number of guanidine groups is 1. The van der Waals surface area contributed by atoms with Crippen molar-refractivity contribution >= 4 is 11.9 Å². The summed E-state index contributed by atoms with van der Waals surface area (Å²) in [7, 11) is 1.64. The van der Waals surface area contributed by atoms with Crippen molar-refractivity contribution in [2.45, 2.75) is 26.3 Å². The zero-order chi connectivity index (χ0) is 17.5. The van der Waals surface area contributed by atoms with Crippen molar-refractivity contribution in [2.75, 3.05) is 26.7 Å². The topological polar surface area (TPSA) is 53.9 Å². The number of benzene rings is 1. The Kier molecular flexibility index (Phi) is 6.52. The number of carbonyl (C=O) groups excluding carboxylic acids is 1. The van der Waals surface area contributed by atoms with Gasteiger partial charge in [-0.15, -0.1) is 0 Å². The summed E-state index contributed by atoms with van der Waals surface area (Å²) in [6, 6.07) is 3.37. The third-order valence-corrected chi connectivity index (χ3v) is 4.07. The highest BCUT2D eigenvalue weighted by molar-refractivity contribution is 5.80. The maximum atomic E-state index is 13.7. The van der Waals surface area contributed by atoms with Gasteiger partial charge in [-0.25, -0.2) is 8.78 Å². The number of nitrogens with zero attached hydrogens (tertiary/aromatic N) is 2. The molecule has 7 heteroatoms. The molecule has 1 aliphatic heterocycles. The number of halogens is 2. The van der Waals surface area contributed by atoms with Crippen LogP contribution < -0.4 is 5.32 Å². The van der Waals surface area contributed by atoms with Crippen LogP contribution in [0.4, 0.5) is 8.78 Å². The molecule has 1 N–H and O–H groups in total. The molecular formula is C17H23F2N3O2. The van der Waals surface area contributed by atoms with E-state index >= 15 is 0 Å². The highest BCUT2D eigenvalue weighted by Gasteiger charge is 2.27. The molecule has 0 saturated carbocycles. The minimum absolute atomic E-state index is 0.0834. The Morgan fingerprint density at radius 1 is 1.38 bits per heavy atom. The molecule has 0 aromatic heterocycles. The lowest BCUT2D eigenvalue weighted by molar-refractivity contribution is -0.149. The van der Waals surface area contributed by atoms with Crippen molar-refractivity contribution in [3.8, 4) is 0 Å². The van der Waals surface area contributed by atoms with E-state index in [0.29, 0.717) is 38.5 Å². The van der Waals surface area contributed by atoms with E-state index in [4.69, 9.17) is 4.74 Å². The van der Waals surface area contributed by atoms with E-state index in [1.54, 1.807) is 14.0 Å². The first-order valence-electron chi connectivity index (χ1n) is 8.11.